The Bertz CT molecular complexity index is 486. The van der Waals surface area contributed by atoms with Crippen LogP contribution in [0.5, 0.6) is 0 Å². The predicted octanol–water partition coefficient (Wildman–Crippen LogP) is 2.81. The second kappa shape index (κ2) is 6.55. The van der Waals surface area contributed by atoms with E-state index in [9.17, 15) is 8.42 Å². The van der Waals surface area contributed by atoms with Crippen LogP contribution in [-0.4, -0.2) is 26.0 Å². The van der Waals surface area contributed by atoms with Crippen molar-refractivity contribution >= 4 is 21.4 Å². The predicted molar refractivity (Wildman–Crippen MR) is 76.8 cm³/mol. The quantitative estimate of drug-likeness (QED) is 0.876. The number of halogens is 1. The largest absolute Gasteiger partial charge is 0.309 e. The van der Waals surface area contributed by atoms with Gasteiger partial charge in [0.2, 0.25) is 0 Å². The number of hydrogen-bond acceptors (Lipinski definition) is 3. The maximum Gasteiger partial charge on any atom is 0.153 e. The molecule has 1 rings (SSSR count). The molecule has 1 atom stereocenters. The van der Waals surface area contributed by atoms with Gasteiger partial charge in [0.15, 0.2) is 9.84 Å². The molecular weight excluding hydrogens is 270 g/mol. The molecule has 0 aliphatic carbocycles. The van der Waals surface area contributed by atoms with Crippen LogP contribution in [0.3, 0.4) is 0 Å². The van der Waals surface area contributed by atoms with Crippen LogP contribution >= 0.6 is 11.6 Å². The Morgan fingerprint density at radius 1 is 1.22 bits per heavy atom. The van der Waals surface area contributed by atoms with E-state index in [2.05, 4.69) is 5.32 Å². The Balaban J connectivity index is 2.53. The number of sulfone groups is 1. The lowest BCUT2D eigenvalue weighted by Gasteiger charge is -2.16. The highest BCUT2D eigenvalue weighted by Crippen LogP contribution is 2.21. The SMILES string of the molecule is CC(NCCS(=O)(=O)C(C)C)c1ccccc1Cl. The second-order valence-electron chi connectivity index (χ2n) is 4.61. The Kier molecular flexibility index (Phi) is 5.63. The second-order valence-corrected chi connectivity index (χ2v) is 7.70. The van der Waals surface area contributed by atoms with E-state index in [1.54, 1.807) is 13.8 Å². The summed E-state index contributed by atoms with van der Waals surface area (Å²) in [5.74, 6) is 0.152. The van der Waals surface area contributed by atoms with Crippen LogP contribution < -0.4 is 5.32 Å². The molecule has 18 heavy (non-hydrogen) atoms. The highest BCUT2D eigenvalue weighted by molar-refractivity contribution is 7.92. The van der Waals surface area contributed by atoms with Gasteiger partial charge >= 0.3 is 0 Å². The van der Waals surface area contributed by atoms with Crippen LogP contribution in [0.4, 0.5) is 0 Å². The highest BCUT2D eigenvalue weighted by atomic mass is 35.5. The monoisotopic (exact) mass is 289 g/mol. The fourth-order valence-electron chi connectivity index (χ4n) is 1.59. The van der Waals surface area contributed by atoms with Crippen LogP contribution in [0, 0.1) is 0 Å². The summed E-state index contributed by atoms with van der Waals surface area (Å²) in [4.78, 5) is 0. The van der Waals surface area contributed by atoms with Gasteiger partial charge in [-0.05, 0) is 32.4 Å². The fourth-order valence-corrected chi connectivity index (χ4v) is 2.76. The van der Waals surface area contributed by atoms with Crippen molar-refractivity contribution in [1.82, 2.24) is 5.32 Å². The maximum atomic E-state index is 11.6. The molecule has 0 aliphatic rings. The van der Waals surface area contributed by atoms with Crippen molar-refractivity contribution in [3.8, 4) is 0 Å². The normalized spacial score (nSPS) is 13.8. The molecule has 0 aliphatic heterocycles. The first-order valence-electron chi connectivity index (χ1n) is 6.04. The Morgan fingerprint density at radius 3 is 2.39 bits per heavy atom. The number of hydrogen-bond donors (Lipinski definition) is 1. The molecule has 102 valence electrons. The molecule has 0 spiro atoms. The van der Waals surface area contributed by atoms with Gasteiger partial charge in [-0.3, -0.25) is 0 Å². The van der Waals surface area contributed by atoms with Gasteiger partial charge in [0, 0.05) is 17.6 Å². The number of benzene rings is 1. The standard InChI is InChI=1S/C13H20ClNO2S/c1-10(2)18(16,17)9-8-15-11(3)12-6-4-5-7-13(12)14/h4-7,10-11,15H,8-9H2,1-3H3. The van der Waals surface area contributed by atoms with Crippen LogP contribution in [0.1, 0.15) is 32.4 Å². The molecule has 1 aromatic rings. The smallest absolute Gasteiger partial charge is 0.153 e. The van der Waals surface area contributed by atoms with Crippen molar-refractivity contribution in [3.63, 3.8) is 0 Å². The molecule has 0 amide bonds. The molecule has 0 aromatic heterocycles. The third kappa shape index (κ3) is 4.26. The van der Waals surface area contributed by atoms with E-state index < -0.39 is 9.84 Å². The lowest BCUT2D eigenvalue weighted by molar-refractivity contribution is 0.566. The highest BCUT2D eigenvalue weighted by Gasteiger charge is 2.16. The topological polar surface area (TPSA) is 46.2 Å². The van der Waals surface area contributed by atoms with Gasteiger partial charge in [0.1, 0.15) is 0 Å². The van der Waals surface area contributed by atoms with Gasteiger partial charge in [-0.15, -0.1) is 0 Å². The van der Waals surface area contributed by atoms with E-state index in [1.165, 1.54) is 0 Å². The number of nitrogens with one attached hydrogen (secondary N) is 1. The molecule has 1 N–H and O–H groups in total. The first-order chi connectivity index (χ1) is 8.34. The van der Waals surface area contributed by atoms with Gasteiger partial charge in [-0.2, -0.15) is 0 Å². The minimum atomic E-state index is -2.98. The molecule has 0 bridgehead atoms. The summed E-state index contributed by atoms with van der Waals surface area (Å²) in [6.45, 7) is 5.82. The molecule has 3 nitrogen and oxygen atoms in total. The Labute approximate surface area is 114 Å². The van der Waals surface area contributed by atoms with Gasteiger partial charge in [-0.1, -0.05) is 29.8 Å². The molecule has 5 heteroatoms. The third-order valence-corrected chi connectivity index (χ3v) is 5.48. The lowest BCUT2D eigenvalue weighted by Crippen LogP contribution is -2.29. The van der Waals surface area contributed by atoms with E-state index >= 15 is 0 Å². The van der Waals surface area contributed by atoms with E-state index in [4.69, 9.17) is 11.6 Å². The average Bonchev–Trinajstić information content (AvgIpc) is 2.29. The van der Waals surface area contributed by atoms with Gasteiger partial charge in [-0.25, -0.2) is 8.42 Å². The summed E-state index contributed by atoms with van der Waals surface area (Å²) in [7, 11) is -2.98. The van der Waals surface area contributed by atoms with Gasteiger partial charge in [0.05, 0.1) is 11.0 Å². The third-order valence-electron chi connectivity index (χ3n) is 2.93. The summed E-state index contributed by atoms with van der Waals surface area (Å²) in [6.07, 6.45) is 0. The summed E-state index contributed by atoms with van der Waals surface area (Å²) >= 11 is 6.08. The zero-order valence-corrected chi connectivity index (χ0v) is 12.6. The Morgan fingerprint density at radius 2 is 1.83 bits per heavy atom. The number of rotatable bonds is 6. The van der Waals surface area contributed by atoms with Gasteiger partial charge in [0.25, 0.3) is 0 Å². The molecule has 0 heterocycles. The molecule has 0 saturated heterocycles. The summed E-state index contributed by atoms with van der Waals surface area (Å²) in [5.41, 5.74) is 0.987. The van der Waals surface area contributed by atoms with Crippen LogP contribution in [0.2, 0.25) is 5.02 Å². The molecule has 1 unspecified atom stereocenters. The van der Waals surface area contributed by atoms with Crippen LogP contribution in [0.15, 0.2) is 24.3 Å². The zero-order chi connectivity index (χ0) is 13.8. The zero-order valence-electron chi connectivity index (χ0n) is 11.0. The molecule has 0 saturated carbocycles. The summed E-state index contributed by atoms with van der Waals surface area (Å²) in [6, 6.07) is 7.61. The van der Waals surface area contributed by atoms with Crippen molar-refractivity contribution in [2.45, 2.75) is 32.1 Å². The minimum Gasteiger partial charge on any atom is -0.309 e. The maximum absolute atomic E-state index is 11.6. The molecular formula is C13H20ClNO2S. The molecule has 1 aromatic carbocycles. The first-order valence-corrected chi connectivity index (χ1v) is 8.13. The average molecular weight is 290 g/mol. The minimum absolute atomic E-state index is 0.0427. The van der Waals surface area contributed by atoms with E-state index in [0.717, 1.165) is 5.56 Å². The van der Waals surface area contributed by atoms with E-state index in [1.807, 2.05) is 31.2 Å². The molecule has 0 radical (unpaired) electrons. The van der Waals surface area contributed by atoms with E-state index in [0.29, 0.717) is 11.6 Å². The van der Waals surface area contributed by atoms with Crippen molar-refractivity contribution < 1.29 is 8.42 Å². The first kappa shape index (κ1) is 15.5. The lowest BCUT2D eigenvalue weighted by atomic mass is 10.1. The van der Waals surface area contributed by atoms with Crippen molar-refractivity contribution in [2.75, 3.05) is 12.3 Å². The van der Waals surface area contributed by atoms with Crippen LogP contribution in [-0.2, 0) is 9.84 Å². The summed E-state index contributed by atoms with van der Waals surface area (Å²) in [5, 5.41) is 3.56. The van der Waals surface area contributed by atoms with Crippen LogP contribution in [0.25, 0.3) is 0 Å². The van der Waals surface area contributed by atoms with Crippen molar-refractivity contribution in [3.05, 3.63) is 34.9 Å². The van der Waals surface area contributed by atoms with Crippen molar-refractivity contribution in [2.24, 2.45) is 0 Å². The van der Waals surface area contributed by atoms with E-state index in [-0.39, 0.29) is 17.0 Å². The Hall–Kier alpha value is -0.580. The molecule has 0 fully saturated rings. The summed E-state index contributed by atoms with van der Waals surface area (Å²) < 4.78 is 23.3. The fraction of sp³-hybridized carbons (Fsp3) is 0.538. The van der Waals surface area contributed by atoms with Crippen molar-refractivity contribution in [1.29, 1.82) is 0 Å². The van der Waals surface area contributed by atoms with Gasteiger partial charge < -0.3 is 5.32 Å².